The average Bonchev–Trinajstić information content (AvgIpc) is 3.41. The molecule has 0 aliphatic carbocycles. The van der Waals surface area contributed by atoms with Gasteiger partial charge in [0.25, 0.3) is 5.91 Å². The van der Waals surface area contributed by atoms with E-state index in [1.807, 2.05) is 42.5 Å². The highest BCUT2D eigenvalue weighted by Crippen LogP contribution is 2.38. The minimum atomic E-state index is -0.120. The van der Waals surface area contributed by atoms with E-state index in [2.05, 4.69) is 44.2 Å². The van der Waals surface area contributed by atoms with E-state index in [4.69, 9.17) is 9.72 Å². The lowest BCUT2D eigenvalue weighted by Crippen LogP contribution is -2.48. The largest absolute Gasteiger partial charge is 0.444 e. The summed E-state index contributed by atoms with van der Waals surface area (Å²) in [6, 6.07) is 17.2. The van der Waals surface area contributed by atoms with Crippen LogP contribution in [0.15, 0.2) is 67.0 Å². The van der Waals surface area contributed by atoms with Crippen LogP contribution in [0.3, 0.4) is 0 Å². The predicted molar refractivity (Wildman–Crippen MR) is 160 cm³/mol. The number of thiazole rings is 1. The number of benzene rings is 1. The summed E-state index contributed by atoms with van der Waals surface area (Å²) in [7, 11) is 0. The summed E-state index contributed by atoms with van der Waals surface area (Å²) in [4.78, 5) is 31.0. The van der Waals surface area contributed by atoms with E-state index >= 15 is 0 Å². The number of carbonyl (C=O) groups excluding carboxylic acids is 1. The number of likely N-dealkylation sites (N-methyl/N-ethyl adjacent to an activating group) is 1. The summed E-state index contributed by atoms with van der Waals surface area (Å²) in [6.45, 7) is 11.1. The molecule has 4 heterocycles. The van der Waals surface area contributed by atoms with Crippen LogP contribution < -0.4 is 15.4 Å². The SMILES string of the molecule is CCc1nc(-c2ccccc2)c(Oc2ccnc(Nc3ccc(C(=O)NCCN4CCN(CC)CC4)cn3)c2)s1. The number of ether oxygens (including phenoxy) is 1. The van der Waals surface area contributed by atoms with Gasteiger partial charge in [0, 0.05) is 63.3 Å². The van der Waals surface area contributed by atoms with Crippen molar-refractivity contribution < 1.29 is 9.53 Å². The van der Waals surface area contributed by atoms with Crippen LogP contribution in [0.5, 0.6) is 10.8 Å². The highest BCUT2D eigenvalue weighted by atomic mass is 32.1. The lowest BCUT2D eigenvalue weighted by Gasteiger charge is -2.33. The molecule has 1 amide bonds. The van der Waals surface area contributed by atoms with Crippen LogP contribution in [0.1, 0.15) is 29.2 Å². The Bertz CT molecular complexity index is 1390. The molecule has 0 atom stereocenters. The Morgan fingerprint density at radius 3 is 2.50 bits per heavy atom. The van der Waals surface area contributed by atoms with Crippen LogP contribution >= 0.6 is 11.3 Å². The van der Waals surface area contributed by atoms with Crippen LogP contribution in [-0.4, -0.2) is 76.5 Å². The van der Waals surface area contributed by atoms with Gasteiger partial charge in [-0.2, -0.15) is 0 Å². The summed E-state index contributed by atoms with van der Waals surface area (Å²) >= 11 is 1.55. The van der Waals surface area contributed by atoms with Gasteiger partial charge in [-0.3, -0.25) is 9.69 Å². The van der Waals surface area contributed by atoms with Crippen molar-refractivity contribution in [2.75, 3.05) is 51.1 Å². The maximum atomic E-state index is 12.6. The molecule has 0 spiro atoms. The molecule has 1 saturated heterocycles. The Balaban J connectivity index is 1.16. The van der Waals surface area contributed by atoms with E-state index in [1.54, 1.807) is 35.9 Å². The monoisotopic (exact) mass is 557 g/mol. The zero-order valence-electron chi connectivity index (χ0n) is 23.0. The van der Waals surface area contributed by atoms with E-state index in [0.717, 1.165) is 67.0 Å². The van der Waals surface area contributed by atoms with Gasteiger partial charge in [-0.05, 0) is 31.2 Å². The number of aryl methyl sites for hydroxylation is 1. The minimum Gasteiger partial charge on any atom is -0.444 e. The number of pyridine rings is 2. The number of piperazine rings is 1. The molecule has 1 aliphatic rings. The summed E-state index contributed by atoms with van der Waals surface area (Å²) in [5.74, 6) is 1.70. The van der Waals surface area contributed by atoms with Gasteiger partial charge >= 0.3 is 0 Å². The number of anilines is 2. The highest BCUT2D eigenvalue weighted by Gasteiger charge is 2.16. The third kappa shape index (κ3) is 7.20. The zero-order valence-corrected chi connectivity index (χ0v) is 23.8. The second-order valence-electron chi connectivity index (χ2n) is 9.53. The fourth-order valence-corrected chi connectivity index (χ4v) is 5.38. The third-order valence-corrected chi connectivity index (χ3v) is 7.92. The molecule has 0 radical (unpaired) electrons. The number of carbonyl (C=O) groups is 1. The molecular formula is C30H35N7O2S. The first kappa shape index (κ1) is 27.7. The second kappa shape index (κ2) is 13.5. The van der Waals surface area contributed by atoms with E-state index in [0.29, 0.717) is 29.5 Å². The number of rotatable bonds is 11. The Morgan fingerprint density at radius 2 is 1.77 bits per heavy atom. The molecule has 208 valence electrons. The van der Waals surface area contributed by atoms with E-state index in [1.165, 1.54) is 0 Å². The van der Waals surface area contributed by atoms with Gasteiger partial charge in [0.1, 0.15) is 23.1 Å². The van der Waals surface area contributed by atoms with E-state index in [9.17, 15) is 4.79 Å². The quantitative estimate of drug-likeness (QED) is 0.264. The van der Waals surface area contributed by atoms with Crippen LogP contribution in [0, 0.1) is 0 Å². The van der Waals surface area contributed by atoms with Gasteiger partial charge < -0.3 is 20.3 Å². The predicted octanol–water partition coefficient (Wildman–Crippen LogP) is 5.07. The average molecular weight is 558 g/mol. The van der Waals surface area contributed by atoms with Crippen LogP contribution in [0.25, 0.3) is 11.3 Å². The number of nitrogens with zero attached hydrogens (tertiary/aromatic N) is 5. The molecule has 9 nitrogen and oxygen atoms in total. The third-order valence-electron chi connectivity index (χ3n) is 6.84. The molecule has 10 heteroatoms. The molecule has 0 saturated carbocycles. The summed E-state index contributed by atoms with van der Waals surface area (Å²) in [5, 5.41) is 7.97. The van der Waals surface area contributed by atoms with Crippen LogP contribution in [0.2, 0.25) is 0 Å². The lowest BCUT2D eigenvalue weighted by molar-refractivity contribution is 0.0937. The Kier molecular flexibility index (Phi) is 9.33. The number of nitrogens with one attached hydrogen (secondary N) is 2. The Morgan fingerprint density at radius 1 is 0.975 bits per heavy atom. The summed E-state index contributed by atoms with van der Waals surface area (Å²) < 4.78 is 6.26. The van der Waals surface area contributed by atoms with E-state index in [-0.39, 0.29) is 5.91 Å². The smallest absolute Gasteiger partial charge is 0.252 e. The number of aromatic nitrogens is 3. The minimum absolute atomic E-state index is 0.120. The summed E-state index contributed by atoms with van der Waals surface area (Å²) in [6.07, 6.45) is 4.10. The van der Waals surface area contributed by atoms with Gasteiger partial charge in [0.2, 0.25) is 5.06 Å². The second-order valence-corrected chi connectivity index (χ2v) is 10.6. The fourth-order valence-electron chi connectivity index (χ4n) is 4.49. The number of hydrogen-bond donors (Lipinski definition) is 2. The molecule has 4 aromatic rings. The maximum absolute atomic E-state index is 12.6. The number of amides is 1. The molecule has 1 fully saturated rings. The topological polar surface area (TPSA) is 95.5 Å². The highest BCUT2D eigenvalue weighted by molar-refractivity contribution is 7.14. The standard InChI is InChI=1S/C30H35N7O2S/c1-3-27-35-28(22-8-6-5-7-9-22)30(40-27)39-24-12-13-31-26(20-24)34-25-11-10-23(21-33-25)29(38)32-14-15-37-18-16-36(4-2)17-19-37/h5-13,20-21H,3-4,14-19H2,1-2H3,(H,32,38)(H,31,33,34). The normalized spacial score (nSPS) is 14.2. The van der Waals surface area contributed by atoms with Crippen molar-refractivity contribution in [2.24, 2.45) is 0 Å². The molecule has 5 rings (SSSR count). The van der Waals surface area contributed by atoms with Gasteiger partial charge in [0.15, 0.2) is 0 Å². The van der Waals surface area contributed by atoms with E-state index < -0.39 is 0 Å². The van der Waals surface area contributed by atoms with Crippen molar-refractivity contribution in [3.8, 4) is 22.1 Å². The maximum Gasteiger partial charge on any atom is 0.252 e. The molecule has 0 bridgehead atoms. The first-order valence-electron chi connectivity index (χ1n) is 13.8. The van der Waals surface area contributed by atoms with Gasteiger partial charge in [0.05, 0.1) is 10.6 Å². The number of hydrogen-bond acceptors (Lipinski definition) is 9. The van der Waals surface area contributed by atoms with Crippen molar-refractivity contribution in [3.63, 3.8) is 0 Å². The Labute approximate surface area is 239 Å². The van der Waals surface area contributed by atoms with Crippen molar-refractivity contribution in [3.05, 3.63) is 77.6 Å². The first-order valence-corrected chi connectivity index (χ1v) is 14.6. The van der Waals surface area contributed by atoms with Crippen LogP contribution in [-0.2, 0) is 6.42 Å². The van der Waals surface area contributed by atoms with Crippen molar-refractivity contribution >= 4 is 28.9 Å². The first-order chi connectivity index (χ1) is 19.6. The van der Waals surface area contributed by atoms with Crippen molar-refractivity contribution in [1.82, 2.24) is 30.1 Å². The molecule has 1 aliphatic heterocycles. The molecule has 3 aromatic heterocycles. The lowest BCUT2D eigenvalue weighted by atomic mass is 10.2. The van der Waals surface area contributed by atoms with Crippen molar-refractivity contribution in [1.29, 1.82) is 0 Å². The van der Waals surface area contributed by atoms with Gasteiger partial charge in [-0.1, -0.05) is 55.5 Å². The molecule has 0 unspecified atom stereocenters. The Hall–Kier alpha value is -3.86. The zero-order chi connectivity index (χ0) is 27.7. The van der Waals surface area contributed by atoms with Crippen LogP contribution in [0.4, 0.5) is 11.6 Å². The van der Waals surface area contributed by atoms with Crippen molar-refractivity contribution in [2.45, 2.75) is 20.3 Å². The molecule has 1 aromatic carbocycles. The molecule has 40 heavy (non-hydrogen) atoms. The summed E-state index contributed by atoms with van der Waals surface area (Å²) in [5.41, 5.74) is 2.38. The van der Waals surface area contributed by atoms with Gasteiger partial charge in [-0.15, -0.1) is 0 Å². The van der Waals surface area contributed by atoms with Gasteiger partial charge in [-0.25, -0.2) is 15.0 Å². The molecular weight excluding hydrogens is 522 g/mol. The molecule has 2 N–H and O–H groups in total. The fraction of sp³-hybridized carbons (Fsp3) is 0.333.